The fourth-order valence-electron chi connectivity index (χ4n) is 12.1. The Hall–Kier alpha value is -8.54. The third kappa shape index (κ3) is 12.4. The second-order valence-electron chi connectivity index (χ2n) is 21.6. The molecule has 10 heterocycles. The lowest BCUT2D eigenvalue weighted by Gasteiger charge is -2.16. The van der Waals surface area contributed by atoms with Crippen molar-refractivity contribution in [1.29, 1.82) is 0 Å². The number of anilines is 2. The standard InChI is InChI=1S/C70H76N6O10/c1-9-51-41(5)65-63-55-17-13-15-19-57(55)75-69(77)45-33-47-37-48(34-45)84-30-26-80-22-24-82-28-32-86-50-36-46(35-49(38-50)85-31-27-81-23-21-79-25-29-83-47)70(78)76-58-20-16-14-18-56(58)64(67-42(6)52(10-2)60(72-67)39-59(51)71-65)68-44(8)54(12-4)62(74-68)40-61-53(11-3)43(7)66(63)73-61/h13-20,33-40,71,74H,9-12,21-32H2,1-8H3,(H,75,77)(H,76,78). The Balaban J connectivity index is 1.20. The van der Waals surface area contributed by atoms with Gasteiger partial charge < -0.3 is 58.5 Å². The Kier molecular flexibility index (Phi) is 18.4. The third-order valence-corrected chi connectivity index (χ3v) is 16.4. The molecule has 7 aromatic rings. The van der Waals surface area contributed by atoms with Crippen LogP contribution in [0.25, 0.3) is 66.6 Å². The van der Waals surface area contributed by atoms with E-state index in [2.05, 4.69) is 100 Å². The van der Waals surface area contributed by atoms with Crippen LogP contribution in [-0.2, 0) is 31.8 Å². The van der Waals surface area contributed by atoms with E-state index >= 15 is 0 Å². The SMILES string of the molecule is CCC1=C(C)c2nc1cc1[nH]c(c(C)c1CC)c1c3nc(cc4[nH]c(c(C)c4CC)c2-c2ccccc2NC(=O)c2cc4cc(c2)OCCOCCOCCOc2cc(cc(c2)C(=O)Nc2ccccc2-1)OCCOCCOCCO4)C(CC)=C3C. The highest BCUT2D eigenvalue weighted by molar-refractivity contribution is 6.11. The maximum absolute atomic E-state index is 15.0. The van der Waals surface area contributed by atoms with Gasteiger partial charge in [-0.25, -0.2) is 9.97 Å². The molecule has 14 rings (SSSR count). The van der Waals surface area contributed by atoms with Gasteiger partial charge in [0.25, 0.3) is 11.8 Å². The second-order valence-corrected chi connectivity index (χ2v) is 21.6. The fourth-order valence-corrected chi connectivity index (χ4v) is 12.1. The summed E-state index contributed by atoms with van der Waals surface area (Å²) in [4.78, 5) is 49.2. The average molecular weight is 1160 g/mol. The van der Waals surface area contributed by atoms with Crippen LogP contribution in [0.15, 0.2) is 97.1 Å². The van der Waals surface area contributed by atoms with Crippen molar-refractivity contribution in [2.75, 3.05) is 89.9 Å². The Bertz CT molecular complexity index is 3650. The van der Waals surface area contributed by atoms with Crippen LogP contribution in [0.3, 0.4) is 0 Å². The zero-order chi connectivity index (χ0) is 59.8. The van der Waals surface area contributed by atoms with Gasteiger partial charge in [0.1, 0.15) is 49.4 Å². The van der Waals surface area contributed by atoms with E-state index in [0.717, 1.165) is 124 Å². The molecule has 0 saturated carbocycles. The maximum atomic E-state index is 15.0. The van der Waals surface area contributed by atoms with Crippen molar-refractivity contribution in [3.8, 4) is 45.3 Å². The summed E-state index contributed by atoms with van der Waals surface area (Å²) in [7, 11) is 0. The second kappa shape index (κ2) is 26.8. The van der Waals surface area contributed by atoms with Gasteiger partial charge in [0, 0.05) is 67.9 Å². The van der Waals surface area contributed by atoms with Crippen LogP contribution in [-0.4, -0.2) is 111 Å². The molecule has 4 aromatic carbocycles. The van der Waals surface area contributed by atoms with Gasteiger partial charge in [-0.3, -0.25) is 9.59 Å². The molecule has 16 bridgehead atoms. The lowest BCUT2D eigenvalue weighted by molar-refractivity contribution is 0.0260. The Morgan fingerprint density at radius 3 is 1.09 bits per heavy atom. The quantitative estimate of drug-likeness (QED) is 0.131. The monoisotopic (exact) mass is 1160 g/mol. The van der Waals surface area contributed by atoms with Gasteiger partial charge in [0.2, 0.25) is 0 Å². The number of aromatic nitrogens is 4. The van der Waals surface area contributed by atoms with Crippen LogP contribution in [0, 0.1) is 13.8 Å². The molecule has 0 fully saturated rings. The summed E-state index contributed by atoms with van der Waals surface area (Å²) in [5.74, 6) is 1.00. The number of amides is 2. The molecular weight excluding hydrogens is 1080 g/mol. The molecule has 0 unspecified atom stereocenters. The number of aryl methyl sites for hydroxylation is 4. The first-order chi connectivity index (χ1) is 42.0. The zero-order valence-electron chi connectivity index (χ0n) is 50.5. The largest absolute Gasteiger partial charge is 0.491 e. The first-order valence-electron chi connectivity index (χ1n) is 30.1. The van der Waals surface area contributed by atoms with Crippen LogP contribution >= 0.6 is 0 Å². The predicted octanol–water partition coefficient (Wildman–Crippen LogP) is 14.2. The number of H-pyrrole nitrogens is 2. The van der Waals surface area contributed by atoms with Gasteiger partial charge in [0.05, 0.1) is 86.7 Å². The molecule has 446 valence electrons. The fraction of sp³-hybridized carbons (Fsp3) is 0.343. The number of rotatable bonds is 4. The molecule has 2 amide bonds. The van der Waals surface area contributed by atoms with Crippen molar-refractivity contribution in [2.24, 2.45) is 0 Å². The predicted molar refractivity (Wildman–Crippen MR) is 340 cm³/mol. The average Bonchev–Trinajstić information content (AvgIpc) is 1.78. The first-order valence-corrected chi connectivity index (χ1v) is 30.1. The van der Waals surface area contributed by atoms with Gasteiger partial charge in [-0.1, -0.05) is 64.1 Å². The molecule has 16 heteroatoms. The van der Waals surface area contributed by atoms with Crippen molar-refractivity contribution in [2.45, 2.75) is 81.1 Å². The minimum Gasteiger partial charge on any atom is -0.491 e. The summed E-state index contributed by atoms with van der Waals surface area (Å²) in [6.45, 7) is 20.4. The van der Waals surface area contributed by atoms with Crippen molar-refractivity contribution in [3.63, 3.8) is 0 Å². The summed E-state index contributed by atoms with van der Waals surface area (Å²) in [5.41, 5.74) is 20.7. The molecule has 3 aromatic heterocycles. The summed E-state index contributed by atoms with van der Waals surface area (Å²) in [6, 6.07) is 30.6. The first kappa shape index (κ1) is 59.2. The van der Waals surface area contributed by atoms with Crippen molar-refractivity contribution >= 4 is 67.5 Å². The molecule has 7 aliphatic rings. The number of para-hydroxylation sites is 2. The van der Waals surface area contributed by atoms with E-state index < -0.39 is 0 Å². The highest BCUT2D eigenvalue weighted by atomic mass is 16.6. The van der Waals surface area contributed by atoms with Gasteiger partial charge in [-0.2, -0.15) is 0 Å². The minimum atomic E-state index is -0.362. The van der Waals surface area contributed by atoms with Gasteiger partial charge in [0.15, 0.2) is 0 Å². The summed E-state index contributed by atoms with van der Waals surface area (Å²) >= 11 is 0. The molecule has 86 heavy (non-hydrogen) atoms. The molecule has 0 radical (unpaired) electrons. The summed E-state index contributed by atoms with van der Waals surface area (Å²) in [5, 5.41) is 6.65. The van der Waals surface area contributed by atoms with E-state index in [1.54, 1.807) is 36.4 Å². The van der Waals surface area contributed by atoms with Gasteiger partial charge in [-0.05, 0) is 146 Å². The number of hydrogen-bond donors (Lipinski definition) is 4. The number of carbonyl (C=O) groups is 2. The number of aromatic amines is 2. The van der Waals surface area contributed by atoms with E-state index in [1.807, 2.05) is 36.4 Å². The van der Waals surface area contributed by atoms with E-state index in [0.29, 0.717) is 84.8 Å². The topological polar surface area (TPSA) is 189 Å². The third-order valence-electron chi connectivity index (χ3n) is 16.4. The number of ether oxygens (including phenoxy) is 8. The minimum absolute atomic E-state index is 0.198. The van der Waals surface area contributed by atoms with Crippen LogP contribution < -0.4 is 29.6 Å². The van der Waals surface area contributed by atoms with E-state index in [-0.39, 0.29) is 64.7 Å². The van der Waals surface area contributed by atoms with Crippen LogP contribution in [0.4, 0.5) is 11.4 Å². The van der Waals surface area contributed by atoms with Gasteiger partial charge >= 0.3 is 0 Å². The number of hydrogen-bond acceptors (Lipinski definition) is 12. The normalized spacial score (nSPS) is 15.9. The number of allylic oxidation sites excluding steroid dienone is 4. The van der Waals surface area contributed by atoms with Crippen LogP contribution in [0.5, 0.6) is 23.0 Å². The molecule has 0 atom stereocenters. The Labute approximate surface area is 502 Å². The molecule has 7 aliphatic heterocycles. The highest BCUT2D eigenvalue weighted by Gasteiger charge is 2.28. The molecule has 4 N–H and O–H groups in total. The van der Waals surface area contributed by atoms with Crippen molar-refractivity contribution in [3.05, 3.63) is 153 Å². The molecule has 0 aliphatic carbocycles. The molecular formula is C70H76N6O10. The van der Waals surface area contributed by atoms with Crippen molar-refractivity contribution < 1.29 is 47.5 Å². The van der Waals surface area contributed by atoms with Gasteiger partial charge in [-0.15, -0.1) is 0 Å². The Morgan fingerprint density at radius 2 is 0.756 bits per heavy atom. The molecule has 16 nitrogen and oxygen atoms in total. The zero-order valence-corrected chi connectivity index (χ0v) is 50.5. The molecule has 0 saturated heterocycles. The number of benzene rings is 4. The van der Waals surface area contributed by atoms with Crippen LogP contribution in [0.2, 0.25) is 0 Å². The number of nitrogens with zero attached hydrogens (tertiary/aromatic N) is 2. The Morgan fingerprint density at radius 1 is 0.419 bits per heavy atom. The van der Waals surface area contributed by atoms with Crippen molar-refractivity contribution in [1.82, 2.24) is 19.9 Å². The maximum Gasteiger partial charge on any atom is 0.255 e. The summed E-state index contributed by atoms with van der Waals surface area (Å²) < 4.78 is 48.6. The van der Waals surface area contributed by atoms with E-state index in [9.17, 15) is 9.59 Å². The smallest absolute Gasteiger partial charge is 0.255 e. The summed E-state index contributed by atoms with van der Waals surface area (Å²) in [6.07, 6.45) is 2.87. The molecule has 0 spiro atoms. The highest BCUT2D eigenvalue weighted by Crippen LogP contribution is 2.46. The number of nitrogens with one attached hydrogen (secondary N) is 4. The lowest BCUT2D eigenvalue weighted by Crippen LogP contribution is -2.16. The lowest BCUT2D eigenvalue weighted by atomic mass is 9.94. The number of carbonyl (C=O) groups excluding carboxylic acids is 2. The van der Waals surface area contributed by atoms with E-state index in [1.165, 1.54) is 0 Å². The van der Waals surface area contributed by atoms with E-state index in [4.69, 9.17) is 47.9 Å². The van der Waals surface area contributed by atoms with Crippen LogP contribution in [0.1, 0.15) is 120 Å².